The molecule has 1 unspecified atom stereocenters. The Morgan fingerprint density at radius 2 is 1.12 bits per heavy atom. The quantitative estimate of drug-likeness (QED) is 0.0287. The topological polar surface area (TPSA) is 108 Å². The molecule has 9 heteroatoms. The molecule has 2 N–H and O–H groups in total. The van der Waals surface area contributed by atoms with Gasteiger partial charge in [0.05, 0.1) is 39.9 Å². The predicted molar refractivity (Wildman–Crippen MR) is 205 cm³/mol. The first kappa shape index (κ1) is 48.2. The minimum absolute atomic E-state index is 0.00935. The van der Waals surface area contributed by atoms with E-state index < -0.39 is 20.0 Å². The molecule has 49 heavy (non-hydrogen) atoms. The maximum absolute atomic E-state index is 12.8. The molecule has 0 radical (unpaired) electrons. The van der Waals surface area contributed by atoms with Crippen LogP contribution >= 0.6 is 7.82 Å². The summed E-state index contributed by atoms with van der Waals surface area (Å²) in [5, 5.41) is 13.8. The third-order valence-corrected chi connectivity index (χ3v) is 10.2. The van der Waals surface area contributed by atoms with E-state index in [9.17, 15) is 19.4 Å². The number of carbonyl (C=O) groups excluding carboxylic acids is 1. The van der Waals surface area contributed by atoms with Crippen molar-refractivity contribution in [3.63, 3.8) is 0 Å². The molecule has 0 aliphatic rings. The molecular weight excluding hydrogens is 635 g/mol. The largest absolute Gasteiger partial charge is 0.756 e. The lowest BCUT2D eigenvalue weighted by atomic mass is 10.0. The summed E-state index contributed by atoms with van der Waals surface area (Å²) in [7, 11) is 1.29. The fourth-order valence-corrected chi connectivity index (χ4v) is 6.64. The van der Waals surface area contributed by atoms with Crippen molar-refractivity contribution in [2.24, 2.45) is 0 Å². The van der Waals surface area contributed by atoms with E-state index in [1.807, 2.05) is 21.1 Å². The summed E-state index contributed by atoms with van der Waals surface area (Å²) >= 11 is 0. The normalized spacial score (nSPS) is 14.7. The molecule has 1 amide bonds. The van der Waals surface area contributed by atoms with E-state index in [0.29, 0.717) is 23.9 Å². The van der Waals surface area contributed by atoms with Crippen LogP contribution in [0.15, 0.2) is 12.2 Å². The number of rotatable bonds is 37. The van der Waals surface area contributed by atoms with Crippen LogP contribution in [0.4, 0.5) is 0 Å². The molecule has 0 bridgehead atoms. The summed E-state index contributed by atoms with van der Waals surface area (Å²) < 4.78 is 23.2. The van der Waals surface area contributed by atoms with Crippen molar-refractivity contribution in [2.45, 2.75) is 199 Å². The lowest BCUT2D eigenvalue weighted by Gasteiger charge is -2.30. The van der Waals surface area contributed by atoms with Gasteiger partial charge in [-0.3, -0.25) is 9.36 Å². The van der Waals surface area contributed by atoms with Crippen LogP contribution in [0.2, 0.25) is 0 Å². The van der Waals surface area contributed by atoms with E-state index in [0.717, 1.165) is 44.9 Å². The van der Waals surface area contributed by atoms with Gasteiger partial charge in [-0.1, -0.05) is 154 Å². The van der Waals surface area contributed by atoms with Crippen LogP contribution in [0.25, 0.3) is 0 Å². The zero-order chi connectivity index (χ0) is 36.5. The molecule has 0 heterocycles. The van der Waals surface area contributed by atoms with Gasteiger partial charge in [0.25, 0.3) is 7.82 Å². The van der Waals surface area contributed by atoms with Crippen LogP contribution < -0.4 is 10.2 Å². The Balaban J connectivity index is 4.43. The molecule has 0 aromatic heterocycles. The zero-order valence-corrected chi connectivity index (χ0v) is 33.8. The number of hydrogen-bond donors (Lipinski definition) is 2. The van der Waals surface area contributed by atoms with Crippen LogP contribution in [0.5, 0.6) is 0 Å². The number of nitrogens with zero attached hydrogens (tertiary/aromatic N) is 1. The highest BCUT2D eigenvalue weighted by molar-refractivity contribution is 7.45. The highest BCUT2D eigenvalue weighted by Crippen LogP contribution is 2.38. The first-order valence-electron chi connectivity index (χ1n) is 20.5. The molecule has 0 fully saturated rings. The predicted octanol–water partition coefficient (Wildman–Crippen LogP) is 10.2. The van der Waals surface area contributed by atoms with Crippen molar-refractivity contribution in [1.29, 1.82) is 0 Å². The van der Waals surface area contributed by atoms with E-state index in [1.54, 1.807) is 0 Å². The van der Waals surface area contributed by atoms with Crippen molar-refractivity contribution in [2.75, 3.05) is 40.9 Å². The third kappa shape index (κ3) is 35.4. The Kier molecular flexibility index (Phi) is 32.6. The highest BCUT2D eigenvalue weighted by Gasteiger charge is 2.24. The van der Waals surface area contributed by atoms with Crippen LogP contribution in [0, 0.1) is 0 Å². The van der Waals surface area contributed by atoms with E-state index in [4.69, 9.17) is 9.05 Å². The standard InChI is InChI=1S/C40H81N2O6P/c1-6-8-10-12-14-16-18-20-21-22-24-26-28-30-32-34-40(44)41-38(37-48-49(45,46)47-36-35-42(3,4)5)39(43)33-31-29-27-25-23-19-17-15-13-11-9-7-2/h23,25,38-39,43H,6-22,24,26-37H2,1-5H3,(H-,41,44,45,46)/b25-23+/t38-,39+/m0/s1. The molecule has 8 nitrogen and oxygen atoms in total. The van der Waals surface area contributed by atoms with Crippen molar-refractivity contribution < 1.29 is 32.9 Å². The van der Waals surface area contributed by atoms with Gasteiger partial charge >= 0.3 is 0 Å². The number of allylic oxidation sites excluding steroid dienone is 2. The van der Waals surface area contributed by atoms with E-state index in [-0.39, 0.29) is 19.1 Å². The number of phosphoric ester groups is 1. The number of phosphoric acid groups is 1. The maximum Gasteiger partial charge on any atom is 0.268 e. The molecule has 0 aliphatic heterocycles. The van der Waals surface area contributed by atoms with Gasteiger partial charge in [-0.15, -0.1) is 0 Å². The zero-order valence-electron chi connectivity index (χ0n) is 32.9. The Labute approximate surface area is 303 Å². The van der Waals surface area contributed by atoms with E-state index in [2.05, 4.69) is 31.3 Å². The number of aliphatic hydroxyl groups excluding tert-OH is 1. The van der Waals surface area contributed by atoms with Crippen LogP contribution in [-0.4, -0.2) is 68.5 Å². The number of hydrogen-bond acceptors (Lipinski definition) is 6. The molecule has 0 aromatic carbocycles. The molecule has 0 aromatic rings. The summed E-state index contributed by atoms with van der Waals surface area (Å²) in [6.07, 6.45) is 35.0. The molecule has 0 saturated heterocycles. The SMILES string of the molecule is CCCCCCCC/C=C/CCCC[C@@H](O)[C@H](COP(=O)([O-])OCC[N+](C)(C)C)NC(=O)CCCCCCCCCCCCCCCCC. The van der Waals surface area contributed by atoms with Gasteiger partial charge < -0.3 is 28.8 Å². The summed E-state index contributed by atoms with van der Waals surface area (Å²) in [6, 6.07) is -0.809. The molecular formula is C40H81N2O6P. The minimum Gasteiger partial charge on any atom is -0.756 e. The molecule has 0 saturated carbocycles. The van der Waals surface area contributed by atoms with Crippen molar-refractivity contribution in [1.82, 2.24) is 5.32 Å². The van der Waals surface area contributed by atoms with Gasteiger partial charge in [0.15, 0.2) is 0 Å². The van der Waals surface area contributed by atoms with E-state index in [1.165, 1.54) is 116 Å². The number of unbranched alkanes of at least 4 members (excludes halogenated alkanes) is 22. The van der Waals surface area contributed by atoms with Gasteiger partial charge in [-0.2, -0.15) is 0 Å². The van der Waals surface area contributed by atoms with Crippen LogP contribution in [-0.2, 0) is 18.4 Å². The molecule has 3 atom stereocenters. The van der Waals surface area contributed by atoms with Gasteiger partial charge in [-0.25, -0.2) is 0 Å². The maximum atomic E-state index is 12.8. The van der Waals surface area contributed by atoms with Crippen LogP contribution in [0.3, 0.4) is 0 Å². The number of amides is 1. The molecule has 0 rings (SSSR count). The molecule has 0 aliphatic carbocycles. The fourth-order valence-electron chi connectivity index (χ4n) is 5.92. The van der Waals surface area contributed by atoms with Crippen molar-refractivity contribution in [3.05, 3.63) is 12.2 Å². The Morgan fingerprint density at radius 3 is 1.59 bits per heavy atom. The number of aliphatic hydroxyl groups is 1. The van der Waals surface area contributed by atoms with Gasteiger partial charge in [0, 0.05) is 6.42 Å². The van der Waals surface area contributed by atoms with Gasteiger partial charge in [-0.05, 0) is 38.5 Å². The fraction of sp³-hybridized carbons (Fsp3) is 0.925. The smallest absolute Gasteiger partial charge is 0.268 e. The summed E-state index contributed by atoms with van der Waals surface area (Å²) in [5.74, 6) is -0.174. The van der Waals surface area contributed by atoms with Crippen molar-refractivity contribution in [3.8, 4) is 0 Å². The van der Waals surface area contributed by atoms with Gasteiger partial charge in [0.2, 0.25) is 5.91 Å². The summed E-state index contributed by atoms with van der Waals surface area (Å²) in [6.45, 7) is 4.68. The first-order valence-corrected chi connectivity index (χ1v) is 22.0. The number of carbonyl (C=O) groups is 1. The number of nitrogens with one attached hydrogen (secondary N) is 1. The average molecular weight is 717 g/mol. The second-order valence-corrected chi connectivity index (χ2v) is 16.8. The number of likely N-dealkylation sites (N-methyl/N-ethyl adjacent to an activating group) is 1. The summed E-state index contributed by atoms with van der Waals surface area (Å²) in [5.41, 5.74) is 0. The Hall–Kier alpha value is -0.760. The van der Waals surface area contributed by atoms with Crippen molar-refractivity contribution >= 4 is 13.7 Å². The lowest BCUT2D eigenvalue weighted by molar-refractivity contribution is -0.870. The first-order chi connectivity index (χ1) is 23.5. The number of quaternary nitrogens is 1. The minimum atomic E-state index is -4.56. The third-order valence-electron chi connectivity index (χ3n) is 9.25. The van der Waals surface area contributed by atoms with Gasteiger partial charge in [0.1, 0.15) is 13.2 Å². The summed E-state index contributed by atoms with van der Waals surface area (Å²) in [4.78, 5) is 25.2. The average Bonchev–Trinajstić information content (AvgIpc) is 3.04. The lowest BCUT2D eigenvalue weighted by Crippen LogP contribution is -2.46. The Morgan fingerprint density at radius 1 is 0.694 bits per heavy atom. The molecule has 292 valence electrons. The second-order valence-electron chi connectivity index (χ2n) is 15.3. The second kappa shape index (κ2) is 33.1. The highest BCUT2D eigenvalue weighted by atomic mass is 31.2. The van der Waals surface area contributed by atoms with E-state index >= 15 is 0 Å². The van der Waals surface area contributed by atoms with Crippen LogP contribution in [0.1, 0.15) is 187 Å². The molecule has 0 spiro atoms. The monoisotopic (exact) mass is 717 g/mol. The Bertz CT molecular complexity index is 819.